The molecule has 3 aromatic rings. The smallest absolute Gasteiger partial charge is 0.322 e. The Morgan fingerprint density at radius 2 is 1.65 bits per heavy atom. The number of anilines is 2. The van der Waals surface area contributed by atoms with Gasteiger partial charge in [0.2, 0.25) is 11.8 Å². The first-order chi connectivity index (χ1) is 16.6. The number of urea groups is 1. The summed E-state index contributed by atoms with van der Waals surface area (Å²) in [5.74, 6) is 2.63. The van der Waals surface area contributed by atoms with Gasteiger partial charge in [-0.05, 0) is 56.2 Å². The monoisotopic (exact) mass is 459 g/mol. The molecular weight excluding hydrogens is 430 g/mol. The van der Waals surface area contributed by atoms with Gasteiger partial charge in [-0.3, -0.25) is 0 Å². The first-order valence-corrected chi connectivity index (χ1v) is 11.7. The van der Waals surface area contributed by atoms with E-state index in [1.807, 2.05) is 55.5 Å². The quantitative estimate of drug-likeness (QED) is 0.592. The third-order valence-electron chi connectivity index (χ3n) is 6.26. The van der Waals surface area contributed by atoms with Crippen molar-refractivity contribution in [2.24, 2.45) is 0 Å². The van der Waals surface area contributed by atoms with E-state index >= 15 is 0 Å². The van der Waals surface area contributed by atoms with Crippen molar-refractivity contribution in [2.45, 2.75) is 32.7 Å². The van der Waals surface area contributed by atoms with Crippen LogP contribution >= 0.6 is 0 Å². The number of aryl methyl sites for hydroxylation is 1. The number of carbonyl (C=O) groups excluding carboxylic acids is 1. The second-order valence-corrected chi connectivity index (χ2v) is 8.69. The third kappa shape index (κ3) is 4.76. The minimum Gasteiger partial charge on any atom is -0.497 e. The van der Waals surface area contributed by atoms with E-state index in [4.69, 9.17) is 19.4 Å². The highest BCUT2D eigenvalue weighted by atomic mass is 16.5. The second-order valence-electron chi connectivity index (χ2n) is 8.69. The van der Waals surface area contributed by atoms with Crippen molar-refractivity contribution in [1.82, 2.24) is 14.9 Å². The van der Waals surface area contributed by atoms with Crippen LogP contribution in [-0.4, -0.2) is 47.6 Å². The number of aromatic nitrogens is 2. The summed E-state index contributed by atoms with van der Waals surface area (Å²) in [5.41, 5.74) is 3.72. The summed E-state index contributed by atoms with van der Waals surface area (Å²) >= 11 is 0. The van der Waals surface area contributed by atoms with Crippen LogP contribution in [0.4, 0.5) is 16.4 Å². The molecule has 0 atom stereocenters. The lowest BCUT2D eigenvalue weighted by molar-refractivity contribution is 0.205. The molecule has 2 aliphatic heterocycles. The number of rotatable bonds is 5. The Bertz CT molecular complexity index is 1160. The summed E-state index contributed by atoms with van der Waals surface area (Å²) in [7, 11) is 1.63. The molecule has 0 unspecified atom stereocenters. The molecule has 5 rings (SSSR count). The molecule has 8 heteroatoms. The first-order valence-electron chi connectivity index (χ1n) is 11.7. The predicted molar refractivity (Wildman–Crippen MR) is 131 cm³/mol. The van der Waals surface area contributed by atoms with Crippen LogP contribution < -0.4 is 19.7 Å². The summed E-state index contributed by atoms with van der Waals surface area (Å²) in [6.45, 7) is 4.90. The maximum absolute atomic E-state index is 13.0. The topological polar surface area (TPSA) is 79.8 Å². The molecule has 0 radical (unpaired) electrons. The molecule has 0 spiro atoms. The van der Waals surface area contributed by atoms with E-state index in [-0.39, 0.29) is 6.03 Å². The fraction of sp³-hybridized carbons (Fsp3) is 0.346. The summed E-state index contributed by atoms with van der Waals surface area (Å²) in [6.07, 6.45) is 2.93. The standard InChI is InChI=1S/C26H29N5O3/c1-18-5-7-19(8-6-18)27-26(32)31-16-13-23-22(17-31)24(29-25(28-23)30-14-3-4-15-30)34-21-11-9-20(33-2)10-12-21/h5-12H,3-4,13-17H2,1-2H3,(H,27,32). The average molecular weight is 460 g/mol. The molecule has 1 aromatic heterocycles. The molecule has 1 saturated heterocycles. The average Bonchev–Trinajstić information content (AvgIpc) is 3.41. The van der Waals surface area contributed by atoms with E-state index in [2.05, 4.69) is 10.2 Å². The molecule has 3 heterocycles. The van der Waals surface area contributed by atoms with Gasteiger partial charge in [-0.2, -0.15) is 4.98 Å². The minimum absolute atomic E-state index is 0.145. The molecule has 1 fully saturated rings. The molecule has 176 valence electrons. The van der Waals surface area contributed by atoms with E-state index in [1.54, 1.807) is 12.0 Å². The van der Waals surface area contributed by atoms with Crippen LogP contribution in [0, 0.1) is 6.92 Å². The van der Waals surface area contributed by atoms with Crippen LogP contribution in [-0.2, 0) is 13.0 Å². The number of carbonyl (C=O) groups is 1. The number of benzene rings is 2. The predicted octanol–water partition coefficient (Wildman–Crippen LogP) is 4.78. The molecule has 2 amide bonds. The Labute approximate surface area is 199 Å². The van der Waals surface area contributed by atoms with Crippen molar-refractivity contribution < 1.29 is 14.3 Å². The van der Waals surface area contributed by atoms with E-state index in [0.717, 1.165) is 54.2 Å². The van der Waals surface area contributed by atoms with Gasteiger partial charge < -0.3 is 24.6 Å². The summed E-state index contributed by atoms with van der Waals surface area (Å²) in [4.78, 5) is 26.6. The highest BCUT2D eigenvalue weighted by molar-refractivity contribution is 5.89. The van der Waals surface area contributed by atoms with Gasteiger partial charge in [-0.25, -0.2) is 9.78 Å². The number of hydrogen-bond acceptors (Lipinski definition) is 6. The van der Waals surface area contributed by atoms with Crippen LogP contribution in [0.3, 0.4) is 0 Å². The molecule has 2 aromatic carbocycles. The zero-order chi connectivity index (χ0) is 23.5. The Balaban J connectivity index is 1.41. The lowest BCUT2D eigenvalue weighted by atomic mass is 10.1. The Hall–Kier alpha value is -3.81. The lowest BCUT2D eigenvalue weighted by Gasteiger charge is -2.30. The Morgan fingerprint density at radius 3 is 2.35 bits per heavy atom. The van der Waals surface area contributed by atoms with Crippen molar-refractivity contribution >= 4 is 17.7 Å². The zero-order valence-electron chi connectivity index (χ0n) is 19.6. The summed E-state index contributed by atoms with van der Waals surface area (Å²) in [5, 5.41) is 2.99. The van der Waals surface area contributed by atoms with Gasteiger partial charge in [0, 0.05) is 31.7 Å². The van der Waals surface area contributed by atoms with Crippen molar-refractivity contribution in [2.75, 3.05) is 37.0 Å². The fourth-order valence-corrected chi connectivity index (χ4v) is 4.28. The number of fused-ring (bicyclic) bond motifs is 1. The molecule has 0 bridgehead atoms. The number of nitrogens with zero attached hydrogens (tertiary/aromatic N) is 4. The van der Waals surface area contributed by atoms with Gasteiger partial charge >= 0.3 is 6.03 Å². The number of amides is 2. The van der Waals surface area contributed by atoms with Crippen molar-refractivity contribution in [1.29, 1.82) is 0 Å². The molecule has 0 saturated carbocycles. The van der Waals surface area contributed by atoms with Gasteiger partial charge in [-0.1, -0.05) is 17.7 Å². The first kappa shape index (κ1) is 22.0. The van der Waals surface area contributed by atoms with Crippen molar-refractivity contribution in [3.05, 3.63) is 65.4 Å². The van der Waals surface area contributed by atoms with E-state index in [9.17, 15) is 4.79 Å². The van der Waals surface area contributed by atoms with Crippen LogP contribution in [0.1, 0.15) is 29.7 Å². The lowest BCUT2D eigenvalue weighted by Crippen LogP contribution is -2.39. The van der Waals surface area contributed by atoms with Crippen LogP contribution in [0.25, 0.3) is 0 Å². The van der Waals surface area contributed by atoms with E-state index in [1.165, 1.54) is 0 Å². The van der Waals surface area contributed by atoms with Crippen LogP contribution in [0.2, 0.25) is 0 Å². The van der Waals surface area contributed by atoms with E-state index < -0.39 is 0 Å². The van der Waals surface area contributed by atoms with E-state index in [0.29, 0.717) is 37.1 Å². The maximum atomic E-state index is 13.0. The van der Waals surface area contributed by atoms with Gasteiger partial charge in [0.1, 0.15) is 11.5 Å². The summed E-state index contributed by atoms with van der Waals surface area (Å²) in [6, 6.07) is 15.1. The highest BCUT2D eigenvalue weighted by Crippen LogP contribution is 2.33. The third-order valence-corrected chi connectivity index (χ3v) is 6.26. The van der Waals surface area contributed by atoms with Gasteiger partial charge in [-0.15, -0.1) is 0 Å². The largest absolute Gasteiger partial charge is 0.497 e. The number of nitrogens with one attached hydrogen (secondary N) is 1. The maximum Gasteiger partial charge on any atom is 0.322 e. The Kier molecular flexibility index (Phi) is 6.20. The molecular formula is C26H29N5O3. The van der Waals surface area contributed by atoms with Crippen LogP contribution in [0.5, 0.6) is 17.4 Å². The fourth-order valence-electron chi connectivity index (χ4n) is 4.28. The van der Waals surface area contributed by atoms with Gasteiger partial charge in [0.15, 0.2) is 0 Å². The van der Waals surface area contributed by atoms with Crippen LogP contribution in [0.15, 0.2) is 48.5 Å². The Morgan fingerprint density at radius 1 is 0.941 bits per heavy atom. The molecule has 8 nitrogen and oxygen atoms in total. The molecule has 34 heavy (non-hydrogen) atoms. The normalized spacial score (nSPS) is 15.1. The number of hydrogen-bond donors (Lipinski definition) is 1. The second kappa shape index (κ2) is 9.59. The molecule has 0 aliphatic carbocycles. The minimum atomic E-state index is -0.145. The summed E-state index contributed by atoms with van der Waals surface area (Å²) < 4.78 is 11.5. The number of ether oxygens (including phenoxy) is 2. The zero-order valence-corrected chi connectivity index (χ0v) is 19.6. The highest BCUT2D eigenvalue weighted by Gasteiger charge is 2.28. The SMILES string of the molecule is COc1ccc(Oc2nc(N3CCCC3)nc3c2CN(C(=O)Nc2ccc(C)cc2)CC3)cc1. The molecule has 2 aliphatic rings. The molecule has 1 N–H and O–H groups in total. The number of methoxy groups -OCH3 is 1. The van der Waals surface area contributed by atoms with Gasteiger partial charge in [0.05, 0.1) is 24.9 Å². The van der Waals surface area contributed by atoms with Gasteiger partial charge in [0.25, 0.3) is 0 Å². The van der Waals surface area contributed by atoms with Crippen molar-refractivity contribution in [3.8, 4) is 17.4 Å². The van der Waals surface area contributed by atoms with Crippen molar-refractivity contribution in [3.63, 3.8) is 0 Å².